The lowest BCUT2D eigenvalue weighted by molar-refractivity contribution is -0.143. The zero-order valence-corrected chi connectivity index (χ0v) is 19.9. The van der Waals surface area contributed by atoms with Crippen LogP contribution in [0.2, 0.25) is 0 Å². The number of aliphatic hydroxyl groups excluding tert-OH is 1. The maximum Gasteiger partial charge on any atom is 0.326 e. The number of carboxylic acids is 2. The first-order chi connectivity index (χ1) is 16.9. The van der Waals surface area contributed by atoms with E-state index in [4.69, 9.17) is 10.8 Å². The van der Waals surface area contributed by atoms with Crippen molar-refractivity contribution in [3.63, 3.8) is 0 Å². The van der Waals surface area contributed by atoms with E-state index in [-0.39, 0.29) is 12.8 Å². The van der Waals surface area contributed by atoms with Crippen molar-refractivity contribution in [2.75, 3.05) is 0 Å². The first kappa shape index (κ1) is 28.3. The minimum atomic E-state index is -1.49. The number of aromatic amines is 1. The smallest absolute Gasteiger partial charge is 0.326 e. The summed E-state index contributed by atoms with van der Waals surface area (Å²) in [6.45, 7) is 2.68. The number of rotatable bonds is 13. The number of para-hydroxylation sites is 1. The first-order valence-electron chi connectivity index (χ1n) is 11.2. The molecular formula is C23H31N5O8. The van der Waals surface area contributed by atoms with Crippen molar-refractivity contribution >= 4 is 40.6 Å². The number of aliphatic carboxylic acids is 2. The maximum absolute atomic E-state index is 13.1. The molecule has 13 heteroatoms. The van der Waals surface area contributed by atoms with Crippen LogP contribution in [-0.2, 0) is 30.4 Å². The van der Waals surface area contributed by atoms with Gasteiger partial charge in [-0.05, 0) is 31.9 Å². The van der Waals surface area contributed by atoms with E-state index in [2.05, 4.69) is 20.9 Å². The molecule has 0 aliphatic heterocycles. The molecule has 36 heavy (non-hydrogen) atoms. The minimum absolute atomic E-state index is 0.0271. The number of aromatic nitrogens is 1. The number of fused-ring (bicyclic) bond motifs is 1. The second kappa shape index (κ2) is 12.7. The van der Waals surface area contributed by atoms with Gasteiger partial charge in [-0.1, -0.05) is 18.2 Å². The van der Waals surface area contributed by atoms with E-state index in [1.54, 1.807) is 12.3 Å². The van der Waals surface area contributed by atoms with Crippen molar-refractivity contribution in [2.24, 2.45) is 5.73 Å². The van der Waals surface area contributed by atoms with Crippen LogP contribution in [0.3, 0.4) is 0 Å². The molecule has 5 unspecified atom stereocenters. The Kier molecular flexibility index (Phi) is 9.93. The van der Waals surface area contributed by atoms with Gasteiger partial charge in [0.2, 0.25) is 17.7 Å². The molecule has 0 fully saturated rings. The van der Waals surface area contributed by atoms with Gasteiger partial charge in [-0.15, -0.1) is 0 Å². The van der Waals surface area contributed by atoms with Gasteiger partial charge in [0.25, 0.3) is 0 Å². The molecule has 9 N–H and O–H groups in total. The zero-order chi connectivity index (χ0) is 27.0. The van der Waals surface area contributed by atoms with Crippen molar-refractivity contribution in [1.29, 1.82) is 0 Å². The van der Waals surface area contributed by atoms with Crippen molar-refractivity contribution in [3.8, 4) is 0 Å². The van der Waals surface area contributed by atoms with E-state index >= 15 is 0 Å². The van der Waals surface area contributed by atoms with Gasteiger partial charge in [0.05, 0.1) is 6.10 Å². The van der Waals surface area contributed by atoms with Gasteiger partial charge in [0.15, 0.2) is 0 Å². The fraction of sp³-hybridized carbons (Fsp3) is 0.435. The number of aliphatic hydroxyl groups is 1. The third kappa shape index (κ3) is 7.78. The summed E-state index contributed by atoms with van der Waals surface area (Å²) in [7, 11) is 0. The number of carbonyl (C=O) groups is 5. The molecule has 196 valence electrons. The fourth-order valence-corrected chi connectivity index (χ4v) is 3.42. The molecule has 0 aliphatic carbocycles. The Morgan fingerprint density at radius 1 is 0.944 bits per heavy atom. The zero-order valence-electron chi connectivity index (χ0n) is 19.9. The lowest BCUT2D eigenvalue weighted by atomic mass is 10.0. The number of nitrogens with one attached hydrogen (secondary N) is 4. The number of carboxylic acid groups (broad SMARTS) is 2. The molecule has 0 bridgehead atoms. The Bertz CT molecular complexity index is 1110. The summed E-state index contributed by atoms with van der Waals surface area (Å²) < 4.78 is 0. The Hall–Kier alpha value is -3.97. The van der Waals surface area contributed by atoms with Crippen molar-refractivity contribution in [1.82, 2.24) is 20.9 Å². The fourth-order valence-electron chi connectivity index (χ4n) is 3.42. The van der Waals surface area contributed by atoms with E-state index in [1.807, 2.05) is 18.2 Å². The Morgan fingerprint density at radius 3 is 2.19 bits per heavy atom. The second-order valence-electron chi connectivity index (χ2n) is 8.45. The van der Waals surface area contributed by atoms with Crippen LogP contribution in [0, 0.1) is 0 Å². The number of H-pyrrole nitrogens is 1. The average Bonchev–Trinajstić information content (AvgIpc) is 3.22. The Labute approximate surface area is 206 Å². The van der Waals surface area contributed by atoms with Crippen molar-refractivity contribution in [2.45, 2.75) is 63.4 Å². The molecule has 2 aromatic rings. The molecule has 0 saturated heterocycles. The summed E-state index contributed by atoms with van der Waals surface area (Å²) >= 11 is 0. The highest BCUT2D eigenvalue weighted by Crippen LogP contribution is 2.19. The number of hydrogen-bond donors (Lipinski definition) is 8. The second-order valence-corrected chi connectivity index (χ2v) is 8.45. The molecule has 2 rings (SSSR count). The third-order valence-electron chi connectivity index (χ3n) is 5.57. The number of carbonyl (C=O) groups excluding carboxylic acids is 3. The van der Waals surface area contributed by atoms with Crippen LogP contribution in [0.25, 0.3) is 10.9 Å². The number of amides is 3. The lowest BCUT2D eigenvalue weighted by Gasteiger charge is -2.24. The molecule has 5 atom stereocenters. The van der Waals surface area contributed by atoms with E-state index in [0.29, 0.717) is 5.56 Å². The molecule has 13 nitrogen and oxygen atoms in total. The summed E-state index contributed by atoms with van der Waals surface area (Å²) in [6, 6.07) is 2.09. The maximum atomic E-state index is 13.1. The molecule has 3 amide bonds. The van der Waals surface area contributed by atoms with Crippen LogP contribution in [0.15, 0.2) is 30.5 Å². The molecule has 0 saturated carbocycles. The van der Waals surface area contributed by atoms with Gasteiger partial charge in [0, 0.05) is 29.9 Å². The van der Waals surface area contributed by atoms with Crippen LogP contribution in [-0.4, -0.2) is 80.2 Å². The Balaban J connectivity index is 2.23. The summed E-state index contributed by atoms with van der Waals surface area (Å²) in [6.07, 6.45) is -0.361. The van der Waals surface area contributed by atoms with Gasteiger partial charge >= 0.3 is 11.9 Å². The minimum Gasteiger partial charge on any atom is -0.481 e. The van der Waals surface area contributed by atoms with Crippen LogP contribution < -0.4 is 21.7 Å². The molecule has 1 aromatic heterocycles. The quantitative estimate of drug-likeness (QED) is 0.164. The van der Waals surface area contributed by atoms with Crippen molar-refractivity contribution < 1.29 is 39.3 Å². The van der Waals surface area contributed by atoms with E-state index < -0.39 is 66.4 Å². The molecule has 0 radical (unpaired) electrons. The topological polar surface area (TPSA) is 224 Å². The molecule has 1 aromatic carbocycles. The monoisotopic (exact) mass is 505 g/mol. The van der Waals surface area contributed by atoms with Gasteiger partial charge in [-0.2, -0.15) is 0 Å². The first-order valence-corrected chi connectivity index (χ1v) is 11.2. The average molecular weight is 506 g/mol. The van der Waals surface area contributed by atoms with E-state index in [1.165, 1.54) is 13.8 Å². The normalized spacial score (nSPS) is 15.2. The van der Waals surface area contributed by atoms with Crippen LogP contribution >= 0.6 is 0 Å². The molecule has 0 aliphatic rings. The summed E-state index contributed by atoms with van der Waals surface area (Å²) in [4.78, 5) is 63.4. The highest BCUT2D eigenvalue weighted by molar-refractivity contribution is 5.94. The van der Waals surface area contributed by atoms with Crippen molar-refractivity contribution in [3.05, 3.63) is 36.0 Å². The summed E-state index contributed by atoms with van der Waals surface area (Å²) in [5.74, 6) is -5.01. The highest BCUT2D eigenvalue weighted by Gasteiger charge is 2.30. The predicted molar refractivity (Wildman–Crippen MR) is 128 cm³/mol. The van der Waals surface area contributed by atoms with Crippen LogP contribution in [0.5, 0.6) is 0 Å². The van der Waals surface area contributed by atoms with Gasteiger partial charge in [-0.3, -0.25) is 19.2 Å². The SMILES string of the molecule is CC(NC(=O)C(N)C(C)O)C(=O)NC(Cc1c[nH]c2ccccc12)C(=O)NC(CCC(=O)O)C(=O)O. The van der Waals surface area contributed by atoms with E-state index in [0.717, 1.165) is 10.9 Å². The lowest BCUT2D eigenvalue weighted by Crippen LogP contribution is -2.57. The standard InChI is InChI=1S/C23H31N5O8/c1-11(26-22(34)19(24)12(2)29)20(32)28-17(9-13-10-25-15-6-4-3-5-14(13)15)21(33)27-16(23(35)36)7-8-18(30)31/h3-6,10-12,16-17,19,25,29H,7-9,24H2,1-2H3,(H,26,34)(H,27,33)(H,28,32)(H,30,31)(H,35,36). The van der Waals surface area contributed by atoms with Crippen LogP contribution in [0.1, 0.15) is 32.3 Å². The van der Waals surface area contributed by atoms with Crippen LogP contribution in [0.4, 0.5) is 0 Å². The highest BCUT2D eigenvalue weighted by atomic mass is 16.4. The summed E-state index contributed by atoms with van der Waals surface area (Å²) in [5.41, 5.74) is 7.03. The van der Waals surface area contributed by atoms with Gasteiger partial charge < -0.3 is 42.0 Å². The largest absolute Gasteiger partial charge is 0.481 e. The third-order valence-corrected chi connectivity index (χ3v) is 5.57. The molecule has 0 spiro atoms. The molecular weight excluding hydrogens is 474 g/mol. The Morgan fingerprint density at radius 2 is 1.58 bits per heavy atom. The van der Waals surface area contributed by atoms with Gasteiger partial charge in [0.1, 0.15) is 24.2 Å². The number of benzene rings is 1. The van der Waals surface area contributed by atoms with Gasteiger partial charge in [-0.25, -0.2) is 4.79 Å². The molecule has 1 heterocycles. The number of hydrogen-bond acceptors (Lipinski definition) is 7. The number of nitrogens with two attached hydrogens (primary N) is 1. The predicted octanol–water partition coefficient (Wildman–Crippen LogP) is -1.16. The summed E-state index contributed by atoms with van der Waals surface area (Å²) in [5, 5.41) is 35.7. The van der Waals surface area contributed by atoms with E-state index in [9.17, 15) is 34.2 Å².